The number of carbonyl (C=O) groups excluding carboxylic acids is 5. The number of hydrogen-bond donors (Lipinski definition) is 2. The number of cyclic esters (lactones) is 1. The lowest BCUT2D eigenvalue weighted by Crippen LogP contribution is -2.64. The van der Waals surface area contributed by atoms with Gasteiger partial charge in [-0.1, -0.05) is 45.4 Å². The number of rotatable bonds is 8. The van der Waals surface area contributed by atoms with E-state index in [1.165, 1.54) is 4.90 Å². The van der Waals surface area contributed by atoms with E-state index in [1.54, 1.807) is 45.4 Å². The molecule has 3 heterocycles. The predicted octanol–water partition coefficient (Wildman–Crippen LogP) is 6.75. The van der Waals surface area contributed by atoms with Crippen molar-refractivity contribution in [2.75, 3.05) is 20.8 Å². The number of esters is 1. The lowest BCUT2D eigenvalue weighted by molar-refractivity contribution is -0.302. The summed E-state index contributed by atoms with van der Waals surface area (Å²) in [6.45, 7) is 11.7. The SMILES string of the molecule is CCC1/C=C(\C)CC(C)CC(OC)C2OC(O)(C(=O)C(=O)N3CCCCC3C(=O)OC(C(C)=CC3CCC(O)C(Oc4ccc(C=O)cc4)C3)C(C)CCC1=O)C(C)CC2OC. The second-order valence-corrected chi connectivity index (χ2v) is 18.6. The van der Waals surface area contributed by atoms with Gasteiger partial charge in [0.15, 0.2) is 0 Å². The standard InChI is InChI=1S/C49H71NO12/c1-9-36-23-29(2)22-30(3)24-42(58-7)45-43(59-8)26-33(6)49(57,62-45)46(54)47(55)50-21-11-10-12-38(50)48(56)61-44(31(4)13-19-39(36)52)32(5)25-35-16-20-40(53)41(27-35)60-37-17-14-34(28-51)15-18-37/h14-15,17-18,23,25,28,30-31,33,35-36,38,40-45,53,57H,9-13,16,19-22,24,26-27H2,1-8H3/b29-23+,32-25?. The lowest BCUT2D eigenvalue weighted by Gasteiger charge is -2.47. The predicted molar refractivity (Wildman–Crippen MR) is 232 cm³/mol. The van der Waals surface area contributed by atoms with Gasteiger partial charge in [0.25, 0.3) is 11.7 Å². The van der Waals surface area contributed by atoms with Crippen molar-refractivity contribution in [1.82, 2.24) is 4.90 Å². The first-order chi connectivity index (χ1) is 29.5. The molecule has 2 N–H and O–H groups in total. The van der Waals surface area contributed by atoms with Crippen LogP contribution in [-0.2, 0) is 38.1 Å². The van der Waals surface area contributed by atoms with Crippen LogP contribution in [0.4, 0.5) is 0 Å². The number of amides is 1. The Morgan fingerprint density at radius 1 is 0.935 bits per heavy atom. The van der Waals surface area contributed by atoms with Gasteiger partial charge in [-0.3, -0.25) is 19.2 Å². The van der Waals surface area contributed by atoms with Crippen LogP contribution in [0.5, 0.6) is 5.75 Å². The number of aliphatic hydroxyl groups excluding tert-OH is 1. The molecule has 1 aromatic carbocycles. The van der Waals surface area contributed by atoms with Crippen molar-refractivity contribution in [2.24, 2.45) is 29.6 Å². The third kappa shape index (κ3) is 11.9. The smallest absolute Gasteiger partial charge is 0.329 e. The summed E-state index contributed by atoms with van der Waals surface area (Å²) in [6, 6.07) is 5.65. The van der Waals surface area contributed by atoms with Crippen LogP contribution >= 0.6 is 0 Å². The molecular formula is C49H71NO12. The lowest BCUT2D eigenvalue weighted by atomic mass is 9.82. The van der Waals surface area contributed by atoms with E-state index in [0.29, 0.717) is 69.1 Å². The summed E-state index contributed by atoms with van der Waals surface area (Å²) in [6.07, 6.45) is 6.79. The highest BCUT2D eigenvalue weighted by molar-refractivity contribution is 6.39. The van der Waals surface area contributed by atoms with Gasteiger partial charge in [-0.15, -0.1) is 0 Å². The number of piperidine rings is 1. The largest absolute Gasteiger partial charge is 0.488 e. The first-order valence-corrected chi connectivity index (χ1v) is 22.8. The van der Waals surface area contributed by atoms with Crippen LogP contribution in [0.15, 0.2) is 47.6 Å². The Balaban J connectivity index is 1.47. The fourth-order valence-corrected chi connectivity index (χ4v) is 10.1. The monoisotopic (exact) mass is 865 g/mol. The van der Waals surface area contributed by atoms with Crippen molar-refractivity contribution >= 4 is 29.7 Å². The maximum atomic E-state index is 14.4. The van der Waals surface area contributed by atoms with Gasteiger partial charge in [-0.25, -0.2) is 4.79 Å². The van der Waals surface area contributed by atoms with E-state index in [9.17, 15) is 34.2 Å². The average Bonchev–Trinajstić information content (AvgIpc) is 3.26. The minimum absolute atomic E-state index is 0.0295. The molecule has 0 radical (unpaired) electrons. The van der Waals surface area contributed by atoms with Crippen LogP contribution in [0.25, 0.3) is 0 Å². The Morgan fingerprint density at radius 3 is 2.29 bits per heavy atom. The number of allylic oxidation sites excluding steroid dienone is 3. The number of ether oxygens (including phenoxy) is 5. The Kier molecular flexibility index (Phi) is 17.7. The van der Waals surface area contributed by atoms with Crippen LogP contribution in [0.1, 0.15) is 129 Å². The summed E-state index contributed by atoms with van der Waals surface area (Å²) in [4.78, 5) is 69.3. The zero-order chi connectivity index (χ0) is 45.3. The molecule has 1 aliphatic carbocycles. The second-order valence-electron chi connectivity index (χ2n) is 18.6. The van der Waals surface area contributed by atoms with Gasteiger partial charge in [0.05, 0.1) is 18.3 Å². The number of nitrogens with zero attached hydrogens (tertiary/aromatic N) is 1. The molecule has 1 saturated carbocycles. The Bertz CT molecular complexity index is 1780. The summed E-state index contributed by atoms with van der Waals surface area (Å²) < 4.78 is 30.7. The third-order valence-corrected chi connectivity index (χ3v) is 13.8. The highest BCUT2D eigenvalue weighted by atomic mass is 16.7. The number of aldehydes is 1. The topological polar surface area (TPSA) is 175 Å². The Labute approximate surface area is 367 Å². The fraction of sp³-hybridized carbons (Fsp3) is 0.694. The van der Waals surface area contributed by atoms with Gasteiger partial charge < -0.3 is 38.8 Å². The summed E-state index contributed by atoms with van der Waals surface area (Å²) in [5.41, 5.74) is 2.36. The summed E-state index contributed by atoms with van der Waals surface area (Å²) in [5, 5.41) is 23.0. The first kappa shape index (κ1) is 49.3. The minimum atomic E-state index is -2.49. The number of carbonyl (C=O) groups is 5. The van der Waals surface area contributed by atoms with E-state index in [-0.39, 0.29) is 55.3 Å². The van der Waals surface area contributed by atoms with Crippen LogP contribution in [0, 0.1) is 29.6 Å². The molecule has 3 aliphatic heterocycles. The Morgan fingerprint density at radius 2 is 1.63 bits per heavy atom. The van der Waals surface area contributed by atoms with Crippen molar-refractivity contribution in [1.29, 1.82) is 0 Å². The number of hydrogen-bond acceptors (Lipinski definition) is 12. The molecular weight excluding hydrogens is 795 g/mol. The van der Waals surface area contributed by atoms with Crippen LogP contribution in [0.2, 0.25) is 0 Å². The molecule has 5 rings (SSSR count). The molecule has 13 atom stereocenters. The van der Waals surface area contributed by atoms with Crippen molar-refractivity contribution in [3.63, 3.8) is 0 Å². The number of methoxy groups -OCH3 is 2. The zero-order valence-electron chi connectivity index (χ0n) is 38.1. The molecule has 62 heavy (non-hydrogen) atoms. The van der Waals surface area contributed by atoms with Gasteiger partial charge in [-0.05, 0) is 132 Å². The van der Waals surface area contributed by atoms with Gasteiger partial charge >= 0.3 is 5.97 Å². The van der Waals surface area contributed by atoms with E-state index in [0.717, 1.165) is 17.4 Å². The fourth-order valence-electron chi connectivity index (χ4n) is 10.1. The maximum absolute atomic E-state index is 14.4. The molecule has 1 aromatic rings. The van der Waals surface area contributed by atoms with Gasteiger partial charge in [-0.2, -0.15) is 0 Å². The van der Waals surface area contributed by atoms with Gasteiger partial charge in [0, 0.05) is 44.6 Å². The van der Waals surface area contributed by atoms with Crippen LogP contribution in [-0.4, -0.2) is 114 Å². The van der Waals surface area contributed by atoms with Crippen LogP contribution < -0.4 is 4.74 Å². The molecule has 2 saturated heterocycles. The number of fused-ring (bicyclic) bond motifs is 3. The van der Waals surface area contributed by atoms with Gasteiger partial charge in [0.2, 0.25) is 5.79 Å². The average molecular weight is 866 g/mol. The van der Waals surface area contributed by atoms with E-state index < -0.39 is 72.0 Å². The van der Waals surface area contributed by atoms with E-state index in [4.69, 9.17) is 23.7 Å². The summed E-state index contributed by atoms with van der Waals surface area (Å²) in [5.74, 6) is -6.00. The van der Waals surface area contributed by atoms with Crippen molar-refractivity contribution in [3.8, 4) is 5.75 Å². The molecule has 2 bridgehead atoms. The third-order valence-electron chi connectivity index (χ3n) is 13.8. The molecule has 13 unspecified atom stereocenters. The van der Waals surface area contributed by atoms with E-state index in [1.807, 2.05) is 27.7 Å². The number of benzene rings is 1. The molecule has 4 aliphatic rings. The minimum Gasteiger partial charge on any atom is -0.488 e. The highest BCUT2D eigenvalue weighted by Gasteiger charge is 2.56. The van der Waals surface area contributed by atoms with Crippen LogP contribution in [0.3, 0.4) is 0 Å². The summed E-state index contributed by atoms with van der Waals surface area (Å²) >= 11 is 0. The number of aliphatic hydroxyl groups is 2. The van der Waals surface area contributed by atoms with Crippen molar-refractivity contribution < 1.29 is 57.9 Å². The molecule has 13 nitrogen and oxygen atoms in total. The maximum Gasteiger partial charge on any atom is 0.329 e. The molecule has 1 amide bonds. The number of Topliss-reactive ketones (excluding diaryl/α,β-unsaturated/α-hetero) is 2. The molecule has 0 aromatic heterocycles. The zero-order valence-corrected chi connectivity index (χ0v) is 38.1. The molecule has 3 fully saturated rings. The highest BCUT2D eigenvalue weighted by Crippen LogP contribution is 2.39. The normalized spacial score (nSPS) is 37.3. The van der Waals surface area contributed by atoms with Crippen molar-refractivity contribution in [3.05, 3.63) is 53.1 Å². The van der Waals surface area contributed by atoms with E-state index in [2.05, 4.69) is 19.1 Å². The second kappa shape index (κ2) is 22.2. The van der Waals surface area contributed by atoms with E-state index >= 15 is 0 Å². The van der Waals surface area contributed by atoms with Crippen molar-refractivity contribution in [2.45, 2.75) is 167 Å². The molecule has 344 valence electrons. The molecule has 13 heteroatoms. The summed E-state index contributed by atoms with van der Waals surface area (Å²) in [7, 11) is 3.09. The number of ketones is 2. The Hall–Kier alpha value is -3.75. The quantitative estimate of drug-likeness (QED) is 0.122. The first-order valence-electron chi connectivity index (χ1n) is 22.8. The van der Waals surface area contributed by atoms with Gasteiger partial charge in [0.1, 0.15) is 42.2 Å². The molecule has 0 spiro atoms.